The Morgan fingerprint density at radius 3 is 2.50 bits per heavy atom. The van der Waals surface area contributed by atoms with E-state index in [1.807, 2.05) is 18.2 Å². The average Bonchev–Trinajstić information content (AvgIpc) is 3.33. The van der Waals surface area contributed by atoms with E-state index < -0.39 is 0 Å². The van der Waals surface area contributed by atoms with E-state index in [9.17, 15) is 4.79 Å². The van der Waals surface area contributed by atoms with Crippen molar-refractivity contribution in [1.82, 2.24) is 0 Å². The zero-order valence-electron chi connectivity index (χ0n) is 27.4. The molecule has 1 aromatic carbocycles. The van der Waals surface area contributed by atoms with Crippen molar-refractivity contribution in [2.24, 2.45) is 46.3 Å². The second-order valence-electron chi connectivity index (χ2n) is 15.0. The van der Waals surface area contributed by atoms with Crippen LogP contribution in [-0.2, 0) is 9.53 Å². The first-order valence-electron chi connectivity index (χ1n) is 16.9. The lowest BCUT2D eigenvalue weighted by Crippen LogP contribution is -2.51. The van der Waals surface area contributed by atoms with Crippen molar-refractivity contribution in [2.45, 2.75) is 111 Å². The molecule has 4 aliphatic carbocycles. The van der Waals surface area contributed by atoms with Crippen LogP contribution in [0, 0.1) is 46.3 Å². The first-order valence-corrected chi connectivity index (χ1v) is 16.9. The Labute approximate surface area is 255 Å². The van der Waals surface area contributed by atoms with Crippen molar-refractivity contribution in [3.8, 4) is 11.5 Å². The molecule has 42 heavy (non-hydrogen) atoms. The highest BCUT2D eigenvalue weighted by Crippen LogP contribution is 2.67. The van der Waals surface area contributed by atoms with E-state index in [1.54, 1.807) is 31.9 Å². The molecule has 5 rings (SSSR count). The number of ether oxygens (including phenoxy) is 3. The molecular weight excluding hydrogens is 520 g/mol. The van der Waals surface area contributed by atoms with E-state index in [0.29, 0.717) is 16.9 Å². The summed E-state index contributed by atoms with van der Waals surface area (Å²) in [4.78, 5) is 12.8. The van der Waals surface area contributed by atoms with Crippen LogP contribution in [0.25, 0.3) is 6.08 Å². The zero-order valence-corrected chi connectivity index (χ0v) is 27.4. The molecular formula is C38H56O4. The number of hydrogen-bond donors (Lipinski definition) is 0. The van der Waals surface area contributed by atoms with Gasteiger partial charge in [-0.2, -0.15) is 0 Å². The van der Waals surface area contributed by atoms with E-state index in [-0.39, 0.29) is 17.5 Å². The monoisotopic (exact) mass is 576 g/mol. The SMILES string of the molecule is COc1ccc(/C=C/C(=O)O[C@H]2CC[C@@]3(C)C(=CC[C@H]4[C@@H]5CC[C@H]([C@H](C)CCCC(C)C)[C@@]5(C)CC[C@@H]43)C2)cc1OC. The summed E-state index contributed by atoms with van der Waals surface area (Å²) >= 11 is 0. The van der Waals surface area contributed by atoms with Gasteiger partial charge in [-0.25, -0.2) is 4.79 Å². The standard InChI is InChI=1S/C38H56O4/c1-25(2)9-8-10-26(3)31-15-16-32-30-14-13-28-24-29(19-21-37(28,4)33(30)20-22-38(31,32)5)42-36(39)18-12-27-11-17-34(40-6)35(23-27)41-7/h11-13,17-18,23,25-26,29-33H,8-10,14-16,19-22,24H2,1-7H3/b18-12+/t26-,29+,30+,31-,32+,33+,37+,38-/m1/s1. The summed E-state index contributed by atoms with van der Waals surface area (Å²) < 4.78 is 16.7. The van der Waals surface area contributed by atoms with Gasteiger partial charge in [0.2, 0.25) is 0 Å². The van der Waals surface area contributed by atoms with Gasteiger partial charge in [0.15, 0.2) is 11.5 Å². The van der Waals surface area contributed by atoms with Crippen LogP contribution in [-0.4, -0.2) is 26.3 Å². The first-order chi connectivity index (χ1) is 20.1. The summed E-state index contributed by atoms with van der Waals surface area (Å²) in [5, 5.41) is 0. The van der Waals surface area contributed by atoms with Crippen molar-refractivity contribution in [3.63, 3.8) is 0 Å². The smallest absolute Gasteiger partial charge is 0.331 e. The molecule has 3 fully saturated rings. The van der Waals surface area contributed by atoms with E-state index in [1.165, 1.54) is 51.4 Å². The fraction of sp³-hybridized carbons (Fsp3) is 0.711. The Kier molecular flexibility index (Phi) is 9.50. The van der Waals surface area contributed by atoms with Crippen LogP contribution >= 0.6 is 0 Å². The third-order valence-corrected chi connectivity index (χ3v) is 12.4. The molecule has 0 N–H and O–H groups in total. The van der Waals surface area contributed by atoms with Gasteiger partial charge in [-0.3, -0.25) is 0 Å². The van der Waals surface area contributed by atoms with Crippen LogP contribution in [0.4, 0.5) is 0 Å². The van der Waals surface area contributed by atoms with Crippen LogP contribution in [0.15, 0.2) is 35.9 Å². The van der Waals surface area contributed by atoms with Gasteiger partial charge in [0.25, 0.3) is 0 Å². The van der Waals surface area contributed by atoms with Gasteiger partial charge in [-0.1, -0.05) is 71.6 Å². The lowest BCUT2D eigenvalue weighted by Gasteiger charge is -2.58. The van der Waals surface area contributed by atoms with Gasteiger partial charge in [0.1, 0.15) is 6.10 Å². The average molecular weight is 577 g/mol. The molecule has 0 spiro atoms. The Morgan fingerprint density at radius 2 is 1.76 bits per heavy atom. The third-order valence-electron chi connectivity index (χ3n) is 12.4. The number of rotatable bonds is 10. The fourth-order valence-electron chi connectivity index (χ4n) is 10.1. The summed E-state index contributed by atoms with van der Waals surface area (Å²) in [7, 11) is 3.24. The molecule has 8 atom stereocenters. The summed E-state index contributed by atoms with van der Waals surface area (Å²) in [6.07, 6.45) is 19.9. The predicted molar refractivity (Wildman–Crippen MR) is 172 cm³/mol. The zero-order chi connectivity index (χ0) is 30.1. The van der Waals surface area contributed by atoms with Crippen molar-refractivity contribution < 1.29 is 19.0 Å². The normalized spacial score (nSPS) is 34.8. The summed E-state index contributed by atoms with van der Waals surface area (Å²) in [5.74, 6) is 6.12. The van der Waals surface area contributed by atoms with Crippen molar-refractivity contribution >= 4 is 12.0 Å². The number of benzene rings is 1. The van der Waals surface area contributed by atoms with Crippen LogP contribution < -0.4 is 9.47 Å². The Hall–Kier alpha value is -2.23. The van der Waals surface area contributed by atoms with E-state index in [0.717, 1.165) is 60.3 Å². The number of allylic oxidation sites excluding steroid dienone is 1. The molecule has 0 aliphatic heterocycles. The van der Waals surface area contributed by atoms with Crippen LogP contribution in [0.3, 0.4) is 0 Å². The number of carbonyl (C=O) groups excluding carboxylic acids is 1. The van der Waals surface area contributed by atoms with E-state index in [4.69, 9.17) is 14.2 Å². The molecule has 0 saturated heterocycles. The lowest BCUT2D eigenvalue weighted by molar-refractivity contribution is -0.145. The maximum absolute atomic E-state index is 12.8. The molecule has 0 unspecified atom stereocenters. The number of hydrogen-bond acceptors (Lipinski definition) is 4. The molecule has 0 radical (unpaired) electrons. The van der Waals surface area contributed by atoms with Gasteiger partial charge in [0.05, 0.1) is 14.2 Å². The number of carbonyl (C=O) groups is 1. The summed E-state index contributed by atoms with van der Waals surface area (Å²) in [6, 6.07) is 5.63. The highest BCUT2D eigenvalue weighted by molar-refractivity contribution is 5.87. The van der Waals surface area contributed by atoms with Gasteiger partial charge < -0.3 is 14.2 Å². The van der Waals surface area contributed by atoms with Crippen LogP contribution in [0.5, 0.6) is 11.5 Å². The molecule has 0 bridgehead atoms. The second kappa shape index (κ2) is 12.8. The van der Waals surface area contributed by atoms with Gasteiger partial charge in [-0.05, 0) is 115 Å². The molecule has 4 heteroatoms. The molecule has 4 nitrogen and oxygen atoms in total. The first kappa shape index (κ1) is 31.2. The number of methoxy groups -OCH3 is 2. The quantitative estimate of drug-likeness (QED) is 0.158. The third kappa shape index (κ3) is 6.06. The maximum atomic E-state index is 12.8. The minimum Gasteiger partial charge on any atom is -0.493 e. The van der Waals surface area contributed by atoms with Gasteiger partial charge in [0, 0.05) is 12.5 Å². The minimum atomic E-state index is -0.263. The van der Waals surface area contributed by atoms with Crippen LogP contribution in [0.2, 0.25) is 0 Å². The highest BCUT2D eigenvalue weighted by atomic mass is 16.5. The Balaban J connectivity index is 1.20. The van der Waals surface area contributed by atoms with E-state index >= 15 is 0 Å². The molecule has 0 aromatic heterocycles. The Bertz CT molecular complexity index is 1170. The largest absolute Gasteiger partial charge is 0.493 e. The van der Waals surface area contributed by atoms with Crippen molar-refractivity contribution in [3.05, 3.63) is 41.5 Å². The van der Waals surface area contributed by atoms with Crippen molar-refractivity contribution in [2.75, 3.05) is 14.2 Å². The molecule has 3 saturated carbocycles. The molecule has 0 heterocycles. The predicted octanol–water partition coefficient (Wildman–Crippen LogP) is 9.67. The lowest BCUT2D eigenvalue weighted by atomic mass is 9.47. The maximum Gasteiger partial charge on any atom is 0.331 e. The highest BCUT2D eigenvalue weighted by Gasteiger charge is 2.59. The number of fused-ring (bicyclic) bond motifs is 5. The van der Waals surface area contributed by atoms with Crippen LogP contribution in [0.1, 0.15) is 111 Å². The van der Waals surface area contributed by atoms with Gasteiger partial charge >= 0.3 is 5.97 Å². The summed E-state index contributed by atoms with van der Waals surface area (Å²) in [6.45, 7) is 12.5. The molecule has 4 aliphatic rings. The Morgan fingerprint density at radius 1 is 0.976 bits per heavy atom. The fourth-order valence-corrected chi connectivity index (χ4v) is 10.1. The minimum absolute atomic E-state index is 0.0279. The number of esters is 1. The van der Waals surface area contributed by atoms with Crippen molar-refractivity contribution in [1.29, 1.82) is 0 Å². The molecule has 1 aromatic rings. The second-order valence-corrected chi connectivity index (χ2v) is 15.0. The topological polar surface area (TPSA) is 44.8 Å². The summed E-state index contributed by atoms with van der Waals surface area (Å²) in [5.41, 5.74) is 3.23. The molecule has 0 amide bonds. The van der Waals surface area contributed by atoms with E-state index in [2.05, 4.69) is 40.7 Å². The van der Waals surface area contributed by atoms with Gasteiger partial charge in [-0.15, -0.1) is 0 Å². The molecule has 232 valence electrons.